The molecule has 0 heterocycles. The summed E-state index contributed by atoms with van der Waals surface area (Å²) in [5.41, 5.74) is 0. The average molecular weight is 793 g/mol. The Hall–Kier alpha value is -1.59. The molecule has 0 aromatic heterocycles. The Morgan fingerprint density at radius 2 is 0.589 bits per heavy atom. The van der Waals surface area contributed by atoms with Crippen LogP contribution >= 0.6 is 0 Å². The van der Waals surface area contributed by atoms with E-state index in [1.165, 1.54) is 173 Å². The first kappa shape index (κ1) is 54.4. The summed E-state index contributed by atoms with van der Waals surface area (Å²) in [4.78, 5) is 37.7. The molecular formula is C50H96O6. The Morgan fingerprint density at radius 1 is 0.339 bits per heavy atom. The largest absolute Gasteiger partial charge is 0.462 e. The summed E-state index contributed by atoms with van der Waals surface area (Å²) in [7, 11) is 0. The van der Waals surface area contributed by atoms with Crippen LogP contribution in [0.1, 0.15) is 278 Å². The van der Waals surface area contributed by atoms with Crippen molar-refractivity contribution in [2.45, 2.75) is 284 Å². The molecule has 0 aliphatic rings. The van der Waals surface area contributed by atoms with E-state index < -0.39 is 6.10 Å². The van der Waals surface area contributed by atoms with Crippen LogP contribution in [0.15, 0.2) is 0 Å². The lowest BCUT2D eigenvalue weighted by atomic mass is 10.0. The monoisotopic (exact) mass is 793 g/mol. The zero-order valence-corrected chi connectivity index (χ0v) is 38.1. The van der Waals surface area contributed by atoms with Crippen LogP contribution in [0.4, 0.5) is 0 Å². The van der Waals surface area contributed by atoms with Gasteiger partial charge in [-0.25, -0.2) is 0 Å². The summed E-state index contributed by atoms with van der Waals surface area (Å²) >= 11 is 0. The van der Waals surface area contributed by atoms with Gasteiger partial charge in [0.1, 0.15) is 13.2 Å². The molecule has 1 atom stereocenters. The van der Waals surface area contributed by atoms with E-state index >= 15 is 0 Å². The molecule has 0 N–H and O–H groups in total. The van der Waals surface area contributed by atoms with Gasteiger partial charge in [-0.3, -0.25) is 14.4 Å². The molecule has 0 aromatic carbocycles. The third-order valence-electron chi connectivity index (χ3n) is 11.3. The van der Waals surface area contributed by atoms with Crippen molar-refractivity contribution in [3.63, 3.8) is 0 Å². The van der Waals surface area contributed by atoms with Crippen molar-refractivity contribution in [1.29, 1.82) is 0 Å². The molecule has 0 rings (SSSR count). The lowest BCUT2D eigenvalue weighted by Crippen LogP contribution is -2.30. The van der Waals surface area contributed by atoms with E-state index in [-0.39, 0.29) is 31.1 Å². The molecule has 0 saturated carbocycles. The minimum Gasteiger partial charge on any atom is -0.462 e. The first-order chi connectivity index (χ1) is 27.4. The maximum Gasteiger partial charge on any atom is 0.306 e. The van der Waals surface area contributed by atoms with Crippen molar-refractivity contribution in [2.24, 2.45) is 5.92 Å². The molecule has 0 spiro atoms. The lowest BCUT2D eigenvalue weighted by Gasteiger charge is -2.18. The predicted molar refractivity (Wildman–Crippen MR) is 238 cm³/mol. The van der Waals surface area contributed by atoms with Gasteiger partial charge in [0.2, 0.25) is 0 Å². The standard InChI is InChI=1S/C50H96O6/c1-5-7-9-11-13-14-15-16-17-18-19-24-27-31-35-39-43-50(53)56-47(44-54-48(51)41-37-33-28-12-10-8-6-2)45-55-49(52)42-38-34-30-26-23-21-20-22-25-29-32-36-40-46(3)4/h46-47H,5-45H2,1-4H3/t47-/m0/s1. The van der Waals surface area contributed by atoms with E-state index in [9.17, 15) is 14.4 Å². The molecule has 6 nitrogen and oxygen atoms in total. The second kappa shape index (κ2) is 44.5. The van der Waals surface area contributed by atoms with Gasteiger partial charge < -0.3 is 14.2 Å². The first-order valence-corrected chi connectivity index (χ1v) is 24.9. The highest BCUT2D eigenvalue weighted by Gasteiger charge is 2.19. The van der Waals surface area contributed by atoms with Crippen LogP contribution in [-0.2, 0) is 28.6 Å². The number of hydrogen-bond acceptors (Lipinski definition) is 6. The minimum atomic E-state index is -0.759. The van der Waals surface area contributed by atoms with Gasteiger partial charge in [-0.2, -0.15) is 0 Å². The first-order valence-electron chi connectivity index (χ1n) is 24.9. The molecule has 0 aromatic rings. The molecule has 0 aliphatic heterocycles. The predicted octanol–water partition coefficient (Wildman–Crippen LogP) is 15.9. The maximum atomic E-state index is 12.7. The summed E-state index contributed by atoms with van der Waals surface area (Å²) in [6, 6.07) is 0. The van der Waals surface area contributed by atoms with Crippen LogP contribution in [-0.4, -0.2) is 37.2 Å². The van der Waals surface area contributed by atoms with Gasteiger partial charge in [-0.1, -0.05) is 240 Å². The van der Waals surface area contributed by atoms with Gasteiger partial charge >= 0.3 is 17.9 Å². The van der Waals surface area contributed by atoms with Gasteiger partial charge in [-0.05, 0) is 25.2 Å². The van der Waals surface area contributed by atoms with Crippen molar-refractivity contribution in [1.82, 2.24) is 0 Å². The van der Waals surface area contributed by atoms with Crippen molar-refractivity contribution >= 4 is 17.9 Å². The van der Waals surface area contributed by atoms with Gasteiger partial charge in [0.05, 0.1) is 0 Å². The number of esters is 3. The average Bonchev–Trinajstić information content (AvgIpc) is 3.18. The highest BCUT2D eigenvalue weighted by molar-refractivity contribution is 5.71. The fourth-order valence-electron chi connectivity index (χ4n) is 7.51. The van der Waals surface area contributed by atoms with Crippen LogP contribution in [0.2, 0.25) is 0 Å². The van der Waals surface area contributed by atoms with Crippen molar-refractivity contribution < 1.29 is 28.6 Å². The Kier molecular flexibility index (Phi) is 43.2. The number of hydrogen-bond donors (Lipinski definition) is 0. The summed E-state index contributed by atoms with van der Waals surface area (Å²) < 4.78 is 16.7. The van der Waals surface area contributed by atoms with E-state index in [0.29, 0.717) is 19.3 Å². The molecule has 0 amide bonds. The minimum absolute atomic E-state index is 0.0635. The van der Waals surface area contributed by atoms with Crippen molar-refractivity contribution in [2.75, 3.05) is 13.2 Å². The maximum absolute atomic E-state index is 12.7. The zero-order chi connectivity index (χ0) is 41.0. The molecule has 0 aliphatic carbocycles. The highest BCUT2D eigenvalue weighted by atomic mass is 16.6. The van der Waals surface area contributed by atoms with Gasteiger partial charge in [0.15, 0.2) is 6.10 Å². The van der Waals surface area contributed by atoms with Crippen molar-refractivity contribution in [3.05, 3.63) is 0 Å². The molecule has 56 heavy (non-hydrogen) atoms. The second-order valence-corrected chi connectivity index (χ2v) is 17.6. The number of unbranched alkanes of at least 4 members (excludes halogenated alkanes) is 32. The Bertz CT molecular complexity index is 841. The second-order valence-electron chi connectivity index (χ2n) is 17.6. The number of carbonyl (C=O) groups excluding carboxylic acids is 3. The van der Waals surface area contributed by atoms with Gasteiger partial charge in [0.25, 0.3) is 0 Å². The Labute approximate surface area is 348 Å². The topological polar surface area (TPSA) is 78.9 Å². The van der Waals surface area contributed by atoms with Crippen LogP contribution in [0, 0.1) is 5.92 Å². The molecule has 0 radical (unpaired) electrons. The molecular weight excluding hydrogens is 697 g/mol. The lowest BCUT2D eigenvalue weighted by molar-refractivity contribution is -0.167. The molecule has 0 fully saturated rings. The summed E-state index contributed by atoms with van der Waals surface area (Å²) in [6.07, 6.45) is 45.3. The van der Waals surface area contributed by atoms with Gasteiger partial charge in [-0.15, -0.1) is 0 Å². The SMILES string of the molecule is CCCCCCCCCCCCCCCCCCC(=O)O[C@@H](COC(=O)CCCCCCCCC)COC(=O)CCCCCCCCCCCCCCC(C)C. The van der Waals surface area contributed by atoms with E-state index in [0.717, 1.165) is 63.7 Å². The summed E-state index contributed by atoms with van der Waals surface area (Å²) in [5.74, 6) is -0.0199. The fraction of sp³-hybridized carbons (Fsp3) is 0.940. The molecule has 6 heteroatoms. The molecule has 0 bridgehead atoms. The van der Waals surface area contributed by atoms with E-state index in [1.807, 2.05) is 0 Å². The van der Waals surface area contributed by atoms with E-state index in [2.05, 4.69) is 27.7 Å². The number of rotatable bonds is 45. The molecule has 332 valence electrons. The molecule has 0 unspecified atom stereocenters. The normalized spacial score (nSPS) is 11.9. The Morgan fingerprint density at radius 3 is 0.875 bits per heavy atom. The van der Waals surface area contributed by atoms with Crippen LogP contribution in [0.5, 0.6) is 0 Å². The van der Waals surface area contributed by atoms with Crippen LogP contribution < -0.4 is 0 Å². The number of ether oxygens (including phenoxy) is 3. The van der Waals surface area contributed by atoms with Crippen LogP contribution in [0.3, 0.4) is 0 Å². The summed E-state index contributed by atoms with van der Waals surface area (Å²) in [5, 5.41) is 0. The Balaban J connectivity index is 4.22. The van der Waals surface area contributed by atoms with Crippen molar-refractivity contribution in [3.8, 4) is 0 Å². The third kappa shape index (κ3) is 43.5. The molecule has 0 saturated heterocycles. The third-order valence-corrected chi connectivity index (χ3v) is 11.3. The zero-order valence-electron chi connectivity index (χ0n) is 38.1. The summed E-state index contributed by atoms with van der Waals surface area (Å²) in [6.45, 7) is 8.98. The highest BCUT2D eigenvalue weighted by Crippen LogP contribution is 2.17. The van der Waals surface area contributed by atoms with Crippen LogP contribution in [0.25, 0.3) is 0 Å². The van der Waals surface area contributed by atoms with Gasteiger partial charge in [0, 0.05) is 19.3 Å². The quantitative estimate of drug-likeness (QED) is 0.0347. The number of carbonyl (C=O) groups is 3. The van der Waals surface area contributed by atoms with E-state index in [1.54, 1.807) is 0 Å². The van der Waals surface area contributed by atoms with E-state index in [4.69, 9.17) is 14.2 Å². The fourth-order valence-corrected chi connectivity index (χ4v) is 7.51. The smallest absolute Gasteiger partial charge is 0.306 e.